The van der Waals surface area contributed by atoms with Crippen LogP contribution < -0.4 is 9.47 Å². The maximum absolute atomic E-state index is 5.51. The van der Waals surface area contributed by atoms with Crippen molar-refractivity contribution in [2.75, 3.05) is 20.8 Å². The van der Waals surface area contributed by atoms with Gasteiger partial charge in [0.15, 0.2) is 5.75 Å². The number of hydrogen-bond donors (Lipinski definition) is 1. The van der Waals surface area contributed by atoms with Crippen LogP contribution in [0.25, 0.3) is 10.9 Å². The van der Waals surface area contributed by atoms with Crippen LogP contribution in [-0.2, 0) is 11.2 Å². The van der Waals surface area contributed by atoms with E-state index in [4.69, 9.17) is 14.2 Å². The number of hydrogen-bond acceptors (Lipinski definition) is 3. The average Bonchev–Trinajstić information content (AvgIpc) is 2.91. The number of benzene rings is 1. The molecule has 0 radical (unpaired) electrons. The molecule has 0 saturated heterocycles. The van der Waals surface area contributed by atoms with Gasteiger partial charge < -0.3 is 19.2 Å². The largest absolute Gasteiger partial charge is 0.502 e. The lowest BCUT2D eigenvalue weighted by atomic mass is 10.0. The first-order chi connectivity index (χ1) is 10.7. The van der Waals surface area contributed by atoms with Crippen LogP contribution in [0.15, 0.2) is 24.5 Å². The molecule has 2 aromatic rings. The number of rotatable bonds is 8. The zero-order valence-electron chi connectivity index (χ0n) is 13.9. The fraction of sp³-hybridized carbons (Fsp3) is 0.444. The molecular weight excluding hydrogens is 278 g/mol. The number of methoxy groups -OCH3 is 2. The first-order valence-electron chi connectivity index (χ1n) is 7.71. The highest BCUT2D eigenvalue weighted by Crippen LogP contribution is 2.38. The SMILES string of the molecule is CCC=COCCCc1ccc2[nH]c(OC)c(OC)c2c1C. The van der Waals surface area contributed by atoms with E-state index in [1.165, 1.54) is 11.1 Å². The molecule has 1 N–H and O–H groups in total. The van der Waals surface area contributed by atoms with Crippen molar-refractivity contribution in [3.8, 4) is 11.6 Å². The van der Waals surface area contributed by atoms with Gasteiger partial charge in [-0.2, -0.15) is 0 Å². The normalized spacial score (nSPS) is 11.3. The summed E-state index contributed by atoms with van der Waals surface area (Å²) in [5, 5.41) is 1.10. The molecular formula is C18H25NO3. The number of H-pyrrole nitrogens is 1. The van der Waals surface area contributed by atoms with Crippen molar-refractivity contribution >= 4 is 10.9 Å². The monoisotopic (exact) mass is 303 g/mol. The Hall–Kier alpha value is -2.10. The Morgan fingerprint density at radius 1 is 1.18 bits per heavy atom. The van der Waals surface area contributed by atoms with Crippen molar-refractivity contribution in [2.45, 2.75) is 33.1 Å². The average molecular weight is 303 g/mol. The molecule has 1 heterocycles. The quantitative estimate of drug-likeness (QED) is 0.582. The Balaban J connectivity index is 2.14. The molecule has 22 heavy (non-hydrogen) atoms. The van der Waals surface area contributed by atoms with Gasteiger partial charge in [0.25, 0.3) is 0 Å². The summed E-state index contributed by atoms with van der Waals surface area (Å²) in [4.78, 5) is 3.24. The van der Waals surface area contributed by atoms with E-state index in [0.29, 0.717) is 5.88 Å². The standard InChI is InChI=1S/C18H25NO3/c1-5-6-11-22-12-7-8-14-9-10-15-16(13(14)2)17(20-3)18(19-15)21-4/h6,9-11,19H,5,7-8,12H2,1-4H3. The summed E-state index contributed by atoms with van der Waals surface area (Å²) >= 11 is 0. The number of nitrogens with one attached hydrogen (secondary N) is 1. The zero-order chi connectivity index (χ0) is 15.9. The number of aryl methyl sites for hydroxylation is 2. The summed E-state index contributed by atoms with van der Waals surface area (Å²) < 4.78 is 16.3. The predicted octanol–water partition coefficient (Wildman–Crippen LogP) is 4.37. The fourth-order valence-corrected chi connectivity index (χ4v) is 2.63. The minimum absolute atomic E-state index is 0.672. The molecule has 2 rings (SSSR count). The van der Waals surface area contributed by atoms with Crippen LogP contribution in [0.3, 0.4) is 0 Å². The minimum Gasteiger partial charge on any atom is -0.502 e. The highest BCUT2D eigenvalue weighted by Gasteiger charge is 2.16. The van der Waals surface area contributed by atoms with Crippen LogP contribution in [0.1, 0.15) is 30.9 Å². The molecule has 0 unspecified atom stereocenters. The maximum Gasteiger partial charge on any atom is 0.235 e. The van der Waals surface area contributed by atoms with Crippen LogP contribution in [0.4, 0.5) is 0 Å². The molecule has 120 valence electrons. The summed E-state index contributed by atoms with van der Waals surface area (Å²) in [6, 6.07) is 4.25. The lowest BCUT2D eigenvalue weighted by Gasteiger charge is -2.08. The van der Waals surface area contributed by atoms with Crippen LogP contribution >= 0.6 is 0 Å². The third-order valence-corrected chi connectivity index (χ3v) is 3.80. The van der Waals surface area contributed by atoms with Gasteiger partial charge in [0.2, 0.25) is 5.88 Å². The van der Waals surface area contributed by atoms with Crippen LogP contribution in [0.5, 0.6) is 11.6 Å². The van der Waals surface area contributed by atoms with Crippen molar-refractivity contribution in [1.29, 1.82) is 0 Å². The van der Waals surface area contributed by atoms with E-state index >= 15 is 0 Å². The van der Waals surface area contributed by atoms with Crippen LogP contribution in [0, 0.1) is 6.92 Å². The molecule has 0 bridgehead atoms. The lowest BCUT2D eigenvalue weighted by molar-refractivity contribution is 0.244. The molecule has 0 aliphatic carbocycles. The van der Waals surface area contributed by atoms with Crippen molar-refractivity contribution < 1.29 is 14.2 Å². The second kappa shape index (κ2) is 7.78. The maximum atomic E-state index is 5.51. The van der Waals surface area contributed by atoms with Gasteiger partial charge >= 0.3 is 0 Å². The summed E-state index contributed by atoms with van der Waals surface area (Å²) in [7, 11) is 3.32. The molecule has 4 nitrogen and oxygen atoms in total. The Bertz CT molecular complexity index is 643. The highest BCUT2D eigenvalue weighted by molar-refractivity contribution is 5.93. The van der Waals surface area contributed by atoms with Gasteiger partial charge in [-0.25, -0.2) is 0 Å². The van der Waals surface area contributed by atoms with Gasteiger partial charge in [-0.3, -0.25) is 0 Å². The van der Waals surface area contributed by atoms with Gasteiger partial charge in [-0.15, -0.1) is 0 Å². The third-order valence-electron chi connectivity index (χ3n) is 3.80. The van der Waals surface area contributed by atoms with Crippen molar-refractivity contribution in [1.82, 2.24) is 4.98 Å². The molecule has 0 aliphatic rings. The van der Waals surface area contributed by atoms with E-state index in [1.54, 1.807) is 20.5 Å². The molecule has 0 atom stereocenters. The molecule has 0 saturated carbocycles. The second-order valence-corrected chi connectivity index (χ2v) is 5.22. The summed E-state index contributed by atoms with van der Waals surface area (Å²) in [5.74, 6) is 1.45. The Labute approximate surface area is 132 Å². The molecule has 0 fully saturated rings. The third kappa shape index (κ3) is 3.38. The van der Waals surface area contributed by atoms with Gasteiger partial charge in [0.05, 0.1) is 32.6 Å². The summed E-state index contributed by atoms with van der Waals surface area (Å²) in [6.45, 7) is 4.96. The summed E-state index contributed by atoms with van der Waals surface area (Å²) in [6.07, 6.45) is 6.79. The van der Waals surface area contributed by atoms with Gasteiger partial charge in [-0.1, -0.05) is 19.1 Å². The Morgan fingerprint density at radius 3 is 2.68 bits per heavy atom. The highest BCUT2D eigenvalue weighted by atomic mass is 16.5. The predicted molar refractivity (Wildman–Crippen MR) is 89.8 cm³/mol. The number of ether oxygens (including phenoxy) is 3. The van der Waals surface area contributed by atoms with E-state index in [0.717, 1.165) is 42.5 Å². The lowest BCUT2D eigenvalue weighted by Crippen LogP contribution is -1.95. The van der Waals surface area contributed by atoms with E-state index in [1.807, 2.05) is 6.08 Å². The second-order valence-electron chi connectivity index (χ2n) is 5.22. The first-order valence-corrected chi connectivity index (χ1v) is 7.71. The zero-order valence-corrected chi connectivity index (χ0v) is 13.9. The molecule has 0 amide bonds. The number of aromatic nitrogens is 1. The van der Waals surface area contributed by atoms with E-state index in [2.05, 4.69) is 31.0 Å². The number of fused-ring (bicyclic) bond motifs is 1. The van der Waals surface area contributed by atoms with Crippen molar-refractivity contribution in [3.63, 3.8) is 0 Å². The topological polar surface area (TPSA) is 43.5 Å². The van der Waals surface area contributed by atoms with Crippen LogP contribution in [0.2, 0.25) is 0 Å². The van der Waals surface area contributed by atoms with Gasteiger partial charge in [0, 0.05) is 5.39 Å². The molecule has 1 aromatic heterocycles. The van der Waals surface area contributed by atoms with Crippen LogP contribution in [-0.4, -0.2) is 25.8 Å². The smallest absolute Gasteiger partial charge is 0.235 e. The molecule has 0 aliphatic heterocycles. The molecule has 1 aromatic carbocycles. The minimum atomic E-state index is 0.672. The molecule has 0 spiro atoms. The van der Waals surface area contributed by atoms with Crippen molar-refractivity contribution in [3.05, 3.63) is 35.6 Å². The molecule has 4 heteroatoms. The van der Waals surface area contributed by atoms with E-state index in [9.17, 15) is 0 Å². The van der Waals surface area contributed by atoms with Gasteiger partial charge in [0.1, 0.15) is 0 Å². The number of allylic oxidation sites excluding steroid dienone is 1. The van der Waals surface area contributed by atoms with E-state index < -0.39 is 0 Å². The fourth-order valence-electron chi connectivity index (χ4n) is 2.63. The van der Waals surface area contributed by atoms with E-state index in [-0.39, 0.29) is 0 Å². The number of aromatic amines is 1. The van der Waals surface area contributed by atoms with Gasteiger partial charge in [-0.05, 0) is 43.4 Å². The van der Waals surface area contributed by atoms with Crippen molar-refractivity contribution in [2.24, 2.45) is 0 Å². The Kier molecular flexibility index (Phi) is 5.75. The first kappa shape index (κ1) is 16.3. The summed E-state index contributed by atoms with van der Waals surface area (Å²) in [5.41, 5.74) is 3.59. The Morgan fingerprint density at radius 2 is 2.00 bits per heavy atom.